The Hall–Kier alpha value is -1.81. The van der Waals surface area contributed by atoms with Crippen LogP contribution in [-0.2, 0) is 6.18 Å². The van der Waals surface area contributed by atoms with Gasteiger partial charge in [0.2, 0.25) is 5.95 Å². The predicted molar refractivity (Wildman–Crippen MR) is 52.0 cm³/mol. The molecule has 0 aliphatic rings. The monoisotopic (exact) mass is 230 g/mol. The first-order valence-electron chi connectivity index (χ1n) is 4.34. The molecule has 1 aromatic heterocycles. The number of hydrogen-bond donors (Lipinski definition) is 2. The minimum atomic E-state index is -4.59. The second-order valence-electron chi connectivity index (χ2n) is 2.83. The van der Waals surface area contributed by atoms with E-state index in [1.54, 1.807) is 0 Å². The molecule has 0 spiro atoms. The van der Waals surface area contributed by atoms with Crippen LogP contribution in [0.2, 0.25) is 0 Å². The molecule has 0 aliphatic carbocycles. The number of rotatable bonds is 1. The van der Waals surface area contributed by atoms with Crippen molar-refractivity contribution < 1.29 is 13.2 Å². The van der Waals surface area contributed by atoms with Crippen molar-refractivity contribution in [1.29, 1.82) is 0 Å². The SMILES string of the molecule is NCCC#Cc1cnc(N)nc1C(F)(F)F. The van der Waals surface area contributed by atoms with Gasteiger partial charge in [0.1, 0.15) is 0 Å². The third-order valence-corrected chi connectivity index (χ3v) is 1.57. The van der Waals surface area contributed by atoms with E-state index >= 15 is 0 Å². The molecular formula is C9H9F3N4. The molecule has 0 aromatic carbocycles. The van der Waals surface area contributed by atoms with E-state index in [4.69, 9.17) is 11.5 Å². The van der Waals surface area contributed by atoms with Crippen molar-refractivity contribution in [1.82, 2.24) is 9.97 Å². The fraction of sp³-hybridized carbons (Fsp3) is 0.333. The first-order valence-corrected chi connectivity index (χ1v) is 4.34. The lowest BCUT2D eigenvalue weighted by atomic mass is 10.2. The molecule has 0 radical (unpaired) electrons. The zero-order valence-electron chi connectivity index (χ0n) is 8.17. The van der Waals surface area contributed by atoms with E-state index in [0.717, 1.165) is 6.20 Å². The summed E-state index contributed by atoms with van der Waals surface area (Å²) in [6.07, 6.45) is -3.33. The molecule has 0 aliphatic heterocycles. The molecule has 1 aromatic rings. The average Bonchev–Trinajstić information content (AvgIpc) is 2.19. The fourth-order valence-electron chi connectivity index (χ4n) is 0.933. The van der Waals surface area contributed by atoms with Crippen molar-refractivity contribution >= 4 is 5.95 Å². The van der Waals surface area contributed by atoms with Gasteiger partial charge in [-0.3, -0.25) is 0 Å². The summed E-state index contributed by atoms with van der Waals surface area (Å²) in [6.45, 7) is 0.282. The number of halogens is 3. The van der Waals surface area contributed by atoms with Crippen LogP contribution in [0.3, 0.4) is 0 Å². The topological polar surface area (TPSA) is 77.8 Å². The number of anilines is 1. The Kier molecular flexibility index (Phi) is 3.68. The van der Waals surface area contributed by atoms with Gasteiger partial charge in [0.15, 0.2) is 5.69 Å². The first-order chi connectivity index (χ1) is 7.45. The van der Waals surface area contributed by atoms with Crippen LogP contribution >= 0.6 is 0 Å². The molecule has 0 amide bonds. The second-order valence-corrected chi connectivity index (χ2v) is 2.83. The van der Waals surface area contributed by atoms with Crippen molar-refractivity contribution in [2.45, 2.75) is 12.6 Å². The average molecular weight is 230 g/mol. The van der Waals surface area contributed by atoms with Gasteiger partial charge < -0.3 is 11.5 Å². The second kappa shape index (κ2) is 4.81. The van der Waals surface area contributed by atoms with Gasteiger partial charge in [0.25, 0.3) is 0 Å². The molecule has 0 saturated heterocycles. The Bertz CT molecular complexity index is 431. The van der Waals surface area contributed by atoms with E-state index in [-0.39, 0.29) is 12.1 Å². The van der Waals surface area contributed by atoms with Crippen molar-refractivity contribution in [2.24, 2.45) is 5.73 Å². The standard InChI is InChI=1S/C9H9F3N4/c10-9(11,12)7-6(3-1-2-4-13)5-15-8(14)16-7/h5H,2,4,13H2,(H2,14,15,16). The minimum absolute atomic E-state index is 0.282. The normalized spacial score (nSPS) is 10.8. The highest BCUT2D eigenvalue weighted by Crippen LogP contribution is 2.29. The Morgan fingerprint density at radius 3 is 2.62 bits per heavy atom. The molecule has 4 N–H and O–H groups in total. The van der Waals surface area contributed by atoms with Crippen LogP contribution in [0.1, 0.15) is 17.7 Å². The molecule has 0 saturated carbocycles. The van der Waals surface area contributed by atoms with Gasteiger partial charge >= 0.3 is 6.18 Å². The van der Waals surface area contributed by atoms with Crippen molar-refractivity contribution in [3.05, 3.63) is 17.5 Å². The zero-order valence-corrected chi connectivity index (χ0v) is 8.17. The van der Waals surface area contributed by atoms with Gasteiger partial charge in [-0.1, -0.05) is 11.8 Å². The van der Waals surface area contributed by atoms with E-state index in [1.165, 1.54) is 0 Å². The minimum Gasteiger partial charge on any atom is -0.368 e. The molecule has 7 heteroatoms. The van der Waals surface area contributed by atoms with E-state index in [1.807, 2.05) is 0 Å². The van der Waals surface area contributed by atoms with Crippen LogP contribution in [-0.4, -0.2) is 16.5 Å². The van der Waals surface area contributed by atoms with E-state index < -0.39 is 17.8 Å². The quantitative estimate of drug-likeness (QED) is 0.699. The molecular weight excluding hydrogens is 221 g/mol. The number of hydrogen-bond acceptors (Lipinski definition) is 4. The molecule has 0 fully saturated rings. The molecule has 1 rings (SSSR count). The van der Waals surface area contributed by atoms with Crippen LogP contribution in [0.15, 0.2) is 6.20 Å². The van der Waals surface area contributed by atoms with Crippen LogP contribution in [0, 0.1) is 11.8 Å². The van der Waals surface area contributed by atoms with Gasteiger partial charge in [0.05, 0.1) is 5.56 Å². The summed E-state index contributed by atoms with van der Waals surface area (Å²) in [6, 6.07) is 0. The van der Waals surface area contributed by atoms with Crippen LogP contribution in [0.25, 0.3) is 0 Å². The summed E-state index contributed by atoms with van der Waals surface area (Å²) >= 11 is 0. The first kappa shape index (κ1) is 12.3. The number of aromatic nitrogens is 2. The summed E-state index contributed by atoms with van der Waals surface area (Å²) in [5.41, 5.74) is 8.84. The largest absolute Gasteiger partial charge is 0.434 e. The Morgan fingerprint density at radius 1 is 1.38 bits per heavy atom. The van der Waals surface area contributed by atoms with Crippen molar-refractivity contribution in [2.75, 3.05) is 12.3 Å². The lowest BCUT2D eigenvalue weighted by Gasteiger charge is -2.07. The molecule has 0 bridgehead atoms. The summed E-state index contributed by atoms with van der Waals surface area (Å²) < 4.78 is 37.5. The lowest BCUT2D eigenvalue weighted by Crippen LogP contribution is -2.13. The third-order valence-electron chi connectivity index (χ3n) is 1.57. The summed E-state index contributed by atoms with van der Waals surface area (Å²) in [5.74, 6) is 4.37. The third kappa shape index (κ3) is 3.10. The van der Waals surface area contributed by atoms with Gasteiger partial charge in [-0.15, -0.1) is 0 Å². The molecule has 16 heavy (non-hydrogen) atoms. The van der Waals surface area contributed by atoms with Crippen LogP contribution < -0.4 is 11.5 Å². The highest BCUT2D eigenvalue weighted by Gasteiger charge is 2.35. The van der Waals surface area contributed by atoms with E-state index in [2.05, 4.69) is 21.8 Å². The number of nitrogens with two attached hydrogens (primary N) is 2. The van der Waals surface area contributed by atoms with Crippen LogP contribution in [0.4, 0.5) is 19.1 Å². The Morgan fingerprint density at radius 2 is 2.06 bits per heavy atom. The Balaban J connectivity index is 3.15. The van der Waals surface area contributed by atoms with Gasteiger partial charge in [-0.2, -0.15) is 13.2 Å². The van der Waals surface area contributed by atoms with E-state index in [0.29, 0.717) is 6.42 Å². The number of nitrogens with zero attached hydrogens (tertiary/aromatic N) is 2. The summed E-state index contributed by atoms with van der Waals surface area (Å²) in [4.78, 5) is 6.60. The Labute approximate surface area is 89.9 Å². The molecule has 86 valence electrons. The van der Waals surface area contributed by atoms with Crippen molar-refractivity contribution in [3.8, 4) is 11.8 Å². The number of nitrogen functional groups attached to an aromatic ring is 1. The highest BCUT2D eigenvalue weighted by molar-refractivity contribution is 5.40. The molecule has 0 atom stereocenters. The van der Waals surface area contributed by atoms with E-state index in [9.17, 15) is 13.2 Å². The number of alkyl halides is 3. The summed E-state index contributed by atoms with van der Waals surface area (Å²) in [7, 11) is 0. The maximum absolute atomic E-state index is 12.5. The molecule has 1 heterocycles. The smallest absolute Gasteiger partial charge is 0.368 e. The maximum atomic E-state index is 12.5. The lowest BCUT2D eigenvalue weighted by molar-refractivity contribution is -0.141. The maximum Gasteiger partial charge on any atom is 0.434 e. The highest BCUT2D eigenvalue weighted by atomic mass is 19.4. The van der Waals surface area contributed by atoms with Crippen molar-refractivity contribution in [3.63, 3.8) is 0 Å². The fourth-order valence-corrected chi connectivity index (χ4v) is 0.933. The summed E-state index contributed by atoms with van der Waals surface area (Å²) in [5, 5.41) is 0. The predicted octanol–water partition coefficient (Wildman–Crippen LogP) is 0.778. The van der Waals surface area contributed by atoms with Gasteiger partial charge in [0, 0.05) is 19.2 Å². The van der Waals surface area contributed by atoms with Gasteiger partial charge in [-0.25, -0.2) is 9.97 Å². The van der Waals surface area contributed by atoms with Crippen LogP contribution in [0.5, 0.6) is 0 Å². The molecule has 4 nitrogen and oxygen atoms in total. The van der Waals surface area contributed by atoms with Gasteiger partial charge in [-0.05, 0) is 0 Å². The molecule has 0 unspecified atom stereocenters. The zero-order chi connectivity index (χ0) is 12.2.